The van der Waals surface area contributed by atoms with E-state index in [9.17, 15) is 8.42 Å². The number of likely N-dealkylation sites (N-methyl/N-ethyl adjacent to an activating group) is 1. The van der Waals surface area contributed by atoms with Crippen LogP contribution in [0.2, 0.25) is 0 Å². The summed E-state index contributed by atoms with van der Waals surface area (Å²) in [7, 11) is -1.72. The molecular weight excluding hydrogens is 310 g/mol. The van der Waals surface area contributed by atoms with E-state index in [0.29, 0.717) is 13.1 Å². The Labute approximate surface area is 133 Å². The Kier molecular flexibility index (Phi) is 7.09. The Bertz CT molecular complexity index is 518. The summed E-state index contributed by atoms with van der Waals surface area (Å²) in [5.74, 6) is 0. The van der Waals surface area contributed by atoms with Gasteiger partial charge in [0.25, 0.3) is 10.2 Å². The standard InChI is InChI=1S/C14H23N3O2S.ClH/c1-3-17(12-13-7-5-4-6-8-13)20(18,19)16(2)14-9-10-15-11-14;/h4-8,14-15H,3,9-12H2,1-2H3;1H. The van der Waals surface area contributed by atoms with Crippen LogP contribution in [0.3, 0.4) is 0 Å². The van der Waals surface area contributed by atoms with Crippen LogP contribution in [-0.4, -0.2) is 49.8 Å². The van der Waals surface area contributed by atoms with Gasteiger partial charge < -0.3 is 5.32 Å². The fraction of sp³-hybridized carbons (Fsp3) is 0.571. The van der Waals surface area contributed by atoms with Crippen molar-refractivity contribution in [2.75, 3.05) is 26.7 Å². The molecule has 0 aromatic heterocycles. The highest BCUT2D eigenvalue weighted by Gasteiger charge is 2.32. The highest BCUT2D eigenvalue weighted by molar-refractivity contribution is 7.86. The topological polar surface area (TPSA) is 52.7 Å². The summed E-state index contributed by atoms with van der Waals surface area (Å²) >= 11 is 0. The van der Waals surface area contributed by atoms with E-state index in [0.717, 1.165) is 25.1 Å². The smallest absolute Gasteiger partial charge is 0.282 e. The molecule has 1 aliphatic rings. The van der Waals surface area contributed by atoms with Crippen molar-refractivity contribution in [1.29, 1.82) is 0 Å². The molecule has 0 aliphatic carbocycles. The van der Waals surface area contributed by atoms with E-state index in [1.54, 1.807) is 7.05 Å². The van der Waals surface area contributed by atoms with Crippen molar-refractivity contribution in [2.45, 2.75) is 25.9 Å². The van der Waals surface area contributed by atoms with Crippen LogP contribution >= 0.6 is 12.4 Å². The third kappa shape index (κ3) is 4.40. The van der Waals surface area contributed by atoms with Crippen molar-refractivity contribution < 1.29 is 8.42 Å². The van der Waals surface area contributed by atoms with E-state index in [2.05, 4.69) is 5.32 Å². The molecule has 120 valence electrons. The van der Waals surface area contributed by atoms with Gasteiger partial charge in [-0.15, -0.1) is 12.4 Å². The van der Waals surface area contributed by atoms with Crippen molar-refractivity contribution in [2.24, 2.45) is 0 Å². The molecule has 1 atom stereocenters. The predicted molar refractivity (Wildman–Crippen MR) is 87.7 cm³/mol. The molecular formula is C14H24ClN3O2S. The van der Waals surface area contributed by atoms with E-state index >= 15 is 0 Å². The van der Waals surface area contributed by atoms with E-state index in [4.69, 9.17) is 0 Å². The third-order valence-corrected chi connectivity index (χ3v) is 5.86. The summed E-state index contributed by atoms with van der Waals surface area (Å²) in [6.07, 6.45) is 0.874. The van der Waals surface area contributed by atoms with Gasteiger partial charge in [0, 0.05) is 32.7 Å². The summed E-state index contributed by atoms with van der Waals surface area (Å²) in [5, 5.41) is 3.21. The van der Waals surface area contributed by atoms with Crippen LogP contribution < -0.4 is 5.32 Å². The molecule has 1 aromatic carbocycles. The zero-order chi connectivity index (χ0) is 14.6. The van der Waals surface area contributed by atoms with Gasteiger partial charge in [0.2, 0.25) is 0 Å². The maximum absolute atomic E-state index is 12.7. The number of benzene rings is 1. The maximum atomic E-state index is 12.7. The second-order valence-electron chi connectivity index (χ2n) is 5.08. The molecule has 1 heterocycles. The number of hydrogen-bond donors (Lipinski definition) is 1. The molecule has 0 radical (unpaired) electrons. The molecule has 1 aromatic rings. The average Bonchev–Trinajstić information content (AvgIpc) is 2.98. The largest absolute Gasteiger partial charge is 0.315 e. The van der Waals surface area contributed by atoms with Crippen molar-refractivity contribution in [1.82, 2.24) is 13.9 Å². The molecule has 5 nitrogen and oxygen atoms in total. The first-order chi connectivity index (χ1) is 9.55. The van der Waals surface area contributed by atoms with Crippen LogP contribution in [0.25, 0.3) is 0 Å². The lowest BCUT2D eigenvalue weighted by Gasteiger charge is -2.30. The van der Waals surface area contributed by atoms with Gasteiger partial charge >= 0.3 is 0 Å². The van der Waals surface area contributed by atoms with Gasteiger partial charge in [0.1, 0.15) is 0 Å². The van der Waals surface area contributed by atoms with E-state index in [1.165, 1.54) is 8.61 Å². The predicted octanol–water partition coefficient (Wildman–Crippen LogP) is 1.47. The molecule has 0 amide bonds. The summed E-state index contributed by atoms with van der Waals surface area (Å²) in [4.78, 5) is 0. The van der Waals surface area contributed by atoms with Crippen LogP contribution in [0, 0.1) is 0 Å². The number of nitrogens with zero attached hydrogens (tertiary/aromatic N) is 2. The lowest BCUT2D eigenvalue weighted by atomic mass is 10.2. The minimum atomic E-state index is -3.41. The van der Waals surface area contributed by atoms with Crippen molar-refractivity contribution in [3.63, 3.8) is 0 Å². The molecule has 1 fully saturated rings. The molecule has 21 heavy (non-hydrogen) atoms. The molecule has 1 unspecified atom stereocenters. The molecule has 2 rings (SSSR count). The van der Waals surface area contributed by atoms with Crippen molar-refractivity contribution >= 4 is 22.6 Å². The Morgan fingerprint density at radius 3 is 2.48 bits per heavy atom. The van der Waals surface area contributed by atoms with Gasteiger partial charge in [-0.3, -0.25) is 0 Å². The number of rotatable bonds is 6. The lowest BCUT2D eigenvalue weighted by Crippen LogP contribution is -2.46. The van der Waals surface area contributed by atoms with Crippen LogP contribution in [0.15, 0.2) is 30.3 Å². The normalized spacial score (nSPS) is 19.0. The Balaban J connectivity index is 0.00000220. The molecule has 0 spiro atoms. The van der Waals surface area contributed by atoms with Crippen LogP contribution in [0.4, 0.5) is 0 Å². The van der Waals surface area contributed by atoms with Gasteiger partial charge in [0.15, 0.2) is 0 Å². The fourth-order valence-electron chi connectivity index (χ4n) is 2.46. The van der Waals surface area contributed by atoms with E-state index in [-0.39, 0.29) is 18.4 Å². The fourth-order valence-corrected chi connectivity index (χ4v) is 4.02. The second kappa shape index (κ2) is 8.10. The van der Waals surface area contributed by atoms with Gasteiger partial charge in [0.05, 0.1) is 0 Å². The summed E-state index contributed by atoms with van der Waals surface area (Å²) in [6, 6.07) is 9.76. The first-order valence-electron chi connectivity index (χ1n) is 7.03. The zero-order valence-corrected chi connectivity index (χ0v) is 14.2. The van der Waals surface area contributed by atoms with Crippen LogP contribution in [0.5, 0.6) is 0 Å². The summed E-state index contributed by atoms with van der Waals surface area (Å²) in [5.41, 5.74) is 1.01. The van der Waals surface area contributed by atoms with Gasteiger partial charge in [-0.05, 0) is 18.5 Å². The van der Waals surface area contributed by atoms with Crippen LogP contribution in [-0.2, 0) is 16.8 Å². The quantitative estimate of drug-likeness (QED) is 0.857. The van der Waals surface area contributed by atoms with Gasteiger partial charge in [-0.2, -0.15) is 17.0 Å². The number of hydrogen-bond acceptors (Lipinski definition) is 3. The first kappa shape index (κ1) is 18.4. The lowest BCUT2D eigenvalue weighted by molar-refractivity contribution is 0.326. The SMILES string of the molecule is CCN(Cc1ccccc1)S(=O)(=O)N(C)C1CCNC1.Cl. The average molecular weight is 334 g/mol. The molecule has 7 heteroatoms. The van der Waals surface area contributed by atoms with Crippen molar-refractivity contribution in [3.05, 3.63) is 35.9 Å². The Morgan fingerprint density at radius 2 is 1.95 bits per heavy atom. The molecule has 1 aliphatic heterocycles. The highest BCUT2D eigenvalue weighted by Crippen LogP contribution is 2.17. The minimum absolute atomic E-state index is 0. The van der Waals surface area contributed by atoms with Crippen LogP contribution in [0.1, 0.15) is 18.9 Å². The van der Waals surface area contributed by atoms with Crippen molar-refractivity contribution in [3.8, 4) is 0 Å². The van der Waals surface area contributed by atoms with Gasteiger partial charge in [-0.1, -0.05) is 37.3 Å². The molecule has 1 N–H and O–H groups in total. The highest BCUT2D eigenvalue weighted by atomic mass is 35.5. The number of halogens is 1. The van der Waals surface area contributed by atoms with E-state index in [1.807, 2.05) is 37.3 Å². The minimum Gasteiger partial charge on any atom is -0.315 e. The zero-order valence-electron chi connectivity index (χ0n) is 12.5. The van der Waals surface area contributed by atoms with Gasteiger partial charge in [-0.25, -0.2) is 0 Å². The molecule has 1 saturated heterocycles. The summed E-state index contributed by atoms with van der Waals surface area (Å²) < 4.78 is 28.4. The molecule has 0 bridgehead atoms. The Morgan fingerprint density at radius 1 is 1.29 bits per heavy atom. The monoisotopic (exact) mass is 333 g/mol. The first-order valence-corrected chi connectivity index (χ1v) is 8.43. The summed E-state index contributed by atoms with van der Waals surface area (Å²) in [6.45, 7) is 4.39. The van der Waals surface area contributed by atoms with E-state index < -0.39 is 10.2 Å². The Hall–Kier alpha value is -0.660. The third-order valence-electron chi connectivity index (χ3n) is 3.79. The second-order valence-corrected chi connectivity index (χ2v) is 7.07. The maximum Gasteiger partial charge on any atom is 0.282 e. The number of nitrogens with one attached hydrogen (secondary N) is 1. The molecule has 0 saturated carbocycles.